The van der Waals surface area contributed by atoms with E-state index in [1.807, 2.05) is 0 Å². The summed E-state index contributed by atoms with van der Waals surface area (Å²) in [5.41, 5.74) is 1.93. The highest BCUT2D eigenvalue weighted by molar-refractivity contribution is 5.75. The smallest absolute Gasteiger partial charge is 0.267 e. The lowest BCUT2D eigenvalue weighted by molar-refractivity contribution is -0.122. The number of aryl methyl sites for hydroxylation is 2. The second-order valence-corrected chi connectivity index (χ2v) is 8.48. The third kappa shape index (κ3) is 4.42. The van der Waals surface area contributed by atoms with Crippen LogP contribution in [0.4, 0.5) is 0 Å². The molecule has 3 aliphatic rings. The number of hydrogen-bond donors (Lipinski definition) is 1. The number of nitrogens with one attached hydrogen (secondary N) is 1. The van der Waals surface area contributed by atoms with Crippen LogP contribution >= 0.6 is 0 Å². The lowest BCUT2D eigenvalue weighted by Crippen LogP contribution is -2.51. The minimum atomic E-state index is -0.151. The average molecular weight is 373 g/mol. The Morgan fingerprint density at radius 3 is 2.85 bits per heavy atom. The van der Waals surface area contributed by atoms with Crippen LogP contribution < -0.4 is 10.9 Å². The molecule has 2 fully saturated rings. The molecule has 0 radical (unpaired) electrons. The van der Waals surface area contributed by atoms with Gasteiger partial charge in [-0.25, -0.2) is 4.68 Å². The van der Waals surface area contributed by atoms with Gasteiger partial charge < -0.3 is 10.2 Å². The van der Waals surface area contributed by atoms with Gasteiger partial charge in [0.15, 0.2) is 0 Å². The average Bonchev–Trinajstić information content (AvgIpc) is 2.91. The molecule has 1 aromatic heterocycles. The van der Waals surface area contributed by atoms with Crippen LogP contribution in [0.15, 0.2) is 10.9 Å². The molecule has 0 bridgehead atoms. The summed E-state index contributed by atoms with van der Waals surface area (Å²) in [5, 5.41) is 7.60. The van der Waals surface area contributed by atoms with Crippen LogP contribution in [0.5, 0.6) is 0 Å². The van der Waals surface area contributed by atoms with Crippen molar-refractivity contribution in [2.45, 2.75) is 76.8 Å². The fourth-order valence-electron chi connectivity index (χ4n) is 5.14. The van der Waals surface area contributed by atoms with Gasteiger partial charge in [-0.3, -0.25) is 9.59 Å². The van der Waals surface area contributed by atoms with Gasteiger partial charge in [0.25, 0.3) is 5.56 Å². The van der Waals surface area contributed by atoms with E-state index in [4.69, 9.17) is 0 Å². The van der Waals surface area contributed by atoms with E-state index in [1.54, 1.807) is 6.07 Å². The summed E-state index contributed by atoms with van der Waals surface area (Å²) in [6.45, 7) is 3.18. The molecule has 1 aromatic rings. The Hall–Kier alpha value is -1.69. The Labute approximate surface area is 161 Å². The molecule has 2 atom stereocenters. The van der Waals surface area contributed by atoms with Gasteiger partial charge in [0.2, 0.25) is 5.91 Å². The third-order valence-electron chi connectivity index (χ3n) is 6.61. The SMILES string of the molecule is O=C(Cn1nc2c(cc1=O)CCCCC2)NCC1CCCN2CCCCC12. The second kappa shape index (κ2) is 8.55. The van der Waals surface area contributed by atoms with Gasteiger partial charge in [0.1, 0.15) is 6.54 Å². The molecule has 0 saturated carbocycles. The van der Waals surface area contributed by atoms with Crippen LogP contribution in [0.25, 0.3) is 0 Å². The monoisotopic (exact) mass is 372 g/mol. The van der Waals surface area contributed by atoms with Crippen LogP contribution in [-0.4, -0.2) is 46.3 Å². The van der Waals surface area contributed by atoms with Gasteiger partial charge in [-0.15, -0.1) is 0 Å². The molecule has 2 aliphatic heterocycles. The summed E-state index contributed by atoms with van der Waals surface area (Å²) < 4.78 is 1.35. The number of nitrogens with zero attached hydrogens (tertiary/aromatic N) is 3. The topological polar surface area (TPSA) is 67.2 Å². The molecule has 0 spiro atoms. The van der Waals surface area contributed by atoms with E-state index in [2.05, 4.69) is 15.3 Å². The standard InChI is InChI=1S/C21H32N4O2/c26-20(22-14-17-8-6-12-24-11-5-4-10-19(17)24)15-25-21(27)13-16-7-2-1-3-9-18(16)23-25/h13,17,19H,1-12,14-15H2,(H,22,26). The largest absolute Gasteiger partial charge is 0.354 e. The number of fused-ring (bicyclic) bond motifs is 2. The first-order valence-electron chi connectivity index (χ1n) is 10.8. The molecule has 2 saturated heterocycles. The Morgan fingerprint density at radius 2 is 1.93 bits per heavy atom. The van der Waals surface area contributed by atoms with Gasteiger partial charge in [-0.2, -0.15) is 5.10 Å². The maximum absolute atomic E-state index is 12.5. The summed E-state index contributed by atoms with van der Waals surface area (Å²) in [7, 11) is 0. The molecular formula is C21H32N4O2. The van der Waals surface area contributed by atoms with Gasteiger partial charge in [-0.1, -0.05) is 12.8 Å². The van der Waals surface area contributed by atoms with E-state index in [0.29, 0.717) is 12.0 Å². The highest BCUT2D eigenvalue weighted by Gasteiger charge is 2.32. The van der Waals surface area contributed by atoms with Crippen molar-refractivity contribution < 1.29 is 4.79 Å². The van der Waals surface area contributed by atoms with E-state index >= 15 is 0 Å². The quantitative estimate of drug-likeness (QED) is 0.820. The minimum absolute atomic E-state index is 0.0349. The molecule has 4 rings (SSSR count). The highest BCUT2D eigenvalue weighted by Crippen LogP contribution is 2.30. The molecule has 1 amide bonds. The molecule has 0 aromatic carbocycles. The lowest BCUT2D eigenvalue weighted by atomic mass is 9.83. The molecule has 3 heterocycles. The summed E-state index contributed by atoms with van der Waals surface area (Å²) in [5.74, 6) is 0.450. The summed E-state index contributed by atoms with van der Waals surface area (Å²) >= 11 is 0. The molecule has 27 heavy (non-hydrogen) atoms. The van der Waals surface area contributed by atoms with Crippen LogP contribution in [0.2, 0.25) is 0 Å². The zero-order valence-corrected chi connectivity index (χ0v) is 16.3. The number of amides is 1. The Bertz CT molecular complexity index is 727. The van der Waals surface area contributed by atoms with E-state index in [1.165, 1.54) is 56.3 Å². The minimum Gasteiger partial charge on any atom is -0.354 e. The fraction of sp³-hybridized carbons (Fsp3) is 0.762. The van der Waals surface area contributed by atoms with Crippen LogP contribution in [0.1, 0.15) is 62.6 Å². The summed E-state index contributed by atoms with van der Waals surface area (Å²) in [6, 6.07) is 2.32. The Kier molecular flexibility index (Phi) is 5.91. The van der Waals surface area contributed by atoms with E-state index in [-0.39, 0.29) is 18.0 Å². The fourth-order valence-corrected chi connectivity index (χ4v) is 5.14. The molecule has 1 N–H and O–H groups in total. The third-order valence-corrected chi connectivity index (χ3v) is 6.61. The molecule has 148 valence electrons. The zero-order valence-electron chi connectivity index (χ0n) is 16.3. The predicted molar refractivity (Wildman–Crippen MR) is 105 cm³/mol. The highest BCUT2D eigenvalue weighted by atomic mass is 16.2. The number of hydrogen-bond acceptors (Lipinski definition) is 4. The van der Waals surface area contributed by atoms with Gasteiger partial charge in [-0.05, 0) is 75.9 Å². The molecule has 6 heteroatoms. The lowest BCUT2D eigenvalue weighted by Gasteiger charge is -2.44. The van der Waals surface area contributed by atoms with Crippen molar-refractivity contribution in [3.05, 3.63) is 27.7 Å². The van der Waals surface area contributed by atoms with Crippen LogP contribution in [0, 0.1) is 5.92 Å². The normalized spacial score (nSPS) is 25.9. The van der Waals surface area contributed by atoms with E-state index in [9.17, 15) is 9.59 Å². The Morgan fingerprint density at radius 1 is 1.07 bits per heavy atom. The van der Waals surface area contributed by atoms with E-state index in [0.717, 1.165) is 43.5 Å². The number of carbonyl (C=O) groups is 1. The van der Waals surface area contributed by atoms with Gasteiger partial charge >= 0.3 is 0 Å². The number of rotatable bonds is 4. The van der Waals surface area contributed by atoms with Crippen molar-refractivity contribution >= 4 is 5.91 Å². The number of carbonyl (C=O) groups excluding carboxylic acids is 1. The van der Waals surface area contributed by atoms with Crippen molar-refractivity contribution in [1.82, 2.24) is 20.0 Å². The second-order valence-electron chi connectivity index (χ2n) is 8.48. The first-order valence-corrected chi connectivity index (χ1v) is 10.8. The zero-order chi connectivity index (χ0) is 18.6. The maximum Gasteiger partial charge on any atom is 0.267 e. The van der Waals surface area contributed by atoms with Gasteiger partial charge in [0, 0.05) is 18.7 Å². The molecule has 2 unspecified atom stereocenters. The number of aromatic nitrogens is 2. The summed E-state index contributed by atoms with van der Waals surface area (Å²) in [4.78, 5) is 27.4. The van der Waals surface area contributed by atoms with Crippen molar-refractivity contribution in [3.63, 3.8) is 0 Å². The Balaban J connectivity index is 1.35. The summed E-state index contributed by atoms with van der Waals surface area (Å²) in [6.07, 6.45) is 11.6. The molecule has 1 aliphatic carbocycles. The predicted octanol–water partition coefficient (Wildman–Crippen LogP) is 1.89. The van der Waals surface area contributed by atoms with Crippen molar-refractivity contribution in [1.29, 1.82) is 0 Å². The van der Waals surface area contributed by atoms with Crippen molar-refractivity contribution in [2.75, 3.05) is 19.6 Å². The first-order chi connectivity index (χ1) is 13.2. The van der Waals surface area contributed by atoms with E-state index < -0.39 is 0 Å². The molecule has 6 nitrogen and oxygen atoms in total. The maximum atomic E-state index is 12.5. The van der Waals surface area contributed by atoms with Crippen LogP contribution in [-0.2, 0) is 24.2 Å². The van der Waals surface area contributed by atoms with Crippen molar-refractivity contribution in [3.8, 4) is 0 Å². The van der Waals surface area contributed by atoms with Gasteiger partial charge in [0.05, 0.1) is 5.69 Å². The number of piperidine rings is 2. The van der Waals surface area contributed by atoms with Crippen molar-refractivity contribution in [2.24, 2.45) is 5.92 Å². The van der Waals surface area contributed by atoms with Crippen LogP contribution in [0.3, 0.4) is 0 Å². The molecular weight excluding hydrogens is 340 g/mol. The first kappa shape index (κ1) is 18.7.